The molecule has 0 aliphatic heterocycles. The average molecular weight is 779 g/mol. The zero-order valence-electron chi connectivity index (χ0n) is 33.2. The number of hydrogen-bond donors (Lipinski definition) is 0. The zero-order chi connectivity index (χ0) is 40.3. The van der Waals surface area contributed by atoms with Gasteiger partial charge in [-0.1, -0.05) is 170 Å². The van der Waals surface area contributed by atoms with E-state index in [1.54, 1.807) is 0 Å². The van der Waals surface area contributed by atoms with E-state index < -0.39 is 0 Å². The van der Waals surface area contributed by atoms with Gasteiger partial charge in [0.25, 0.3) is 0 Å². The van der Waals surface area contributed by atoms with Crippen LogP contribution in [-0.2, 0) is 0 Å². The number of hydrogen-bond acceptors (Lipinski definition) is 2. The van der Waals surface area contributed by atoms with E-state index in [1.807, 2.05) is 6.07 Å². The van der Waals surface area contributed by atoms with Gasteiger partial charge in [-0.25, -0.2) is 0 Å². The minimum atomic E-state index is 0.891. The molecule has 0 saturated heterocycles. The first-order chi connectivity index (χ1) is 30.2. The van der Waals surface area contributed by atoms with Crippen LogP contribution < -0.4 is 4.90 Å². The van der Waals surface area contributed by atoms with Gasteiger partial charge < -0.3 is 13.9 Å². The van der Waals surface area contributed by atoms with Crippen molar-refractivity contribution in [1.29, 1.82) is 0 Å². The fourth-order valence-corrected chi connectivity index (χ4v) is 9.31. The van der Waals surface area contributed by atoms with Gasteiger partial charge in [0.1, 0.15) is 11.2 Å². The van der Waals surface area contributed by atoms with Crippen molar-refractivity contribution in [3.05, 3.63) is 231 Å². The van der Waals surface area contributed by atoms with Crippen LogP contribution in [0.3, 0.4) is 0 Å². The molecule has 0 amide bonds. The number of furan rings is 1. The third-order valence-corrected chi connectivity index (χ3v) is 12.2. The van der Waals surface area contributed by atoms with E-state index in [0.29, 0.717) is 0 Å². The molecule has 0 aliphatic rings. The van der Waals surface area contributed by atoms with Crippen LogP contribution in [0, 0.1) is 0 Å². The van der Waals surface area contributed by atoms with E-state index in [9.17, 15) is 0 Å². The molecule has 0 atom stereocenters. The van der Waals surface area contributed by atoms with Crippen LogP contribution in [-0.4, -0.2) is 4.57 Å². The lowest BCUT2D eigenvalue weighted by atomic mass is 9.95. The van der Waals surface area contributed by atoms with Gasteiger partial charge in [0.15, 0.2) is 0 Å². The fourth-order valence-electron chi connectivity index (χ4n) is 9.31. The lowest BCUT2D eigenvalue weighted by molar-refractivity contribution is 0.670. The first-order valence-electron chi connectivity index (χ1n) is 20.8. The third kappa shape index (κ3) is 5.90. The topological polar surface area (TPSA) is 21.3 Å². The second-order valence-corrected chi connectivity index (χ2v) is 15.7. The zero-order valence-corrected chi connectivity index (χ0v) is 33.2. The van der Waals surface area contributed by atoms with Crippen molar-refractivity contribution in [3.8, 4) is 39.1 Å². The second kappa shape index (κ2) is 14.3. The maximum atomic E-state index is 6.59. The van der Waals surface area contributed by atoms with Crippen LogP contribution in [0.15, 0.2) is 235 Å². The molecular formula is C58H38N2O. The van der Waals surface area contributed by atoms with Gasteiger partial charge in [0, 0.05) is 49.7 Å². The van der Waals surface area contributed by atoms with Crippen LogP contribution in [0.25, 0.3) is 93.6 Å². The van der Waals surface area contributed by atoms with Gasteiger partial charge in [-0.3, -0.25) is 0 Å². The molecule has 3 heteroatoms. The van der Waals surface area contributed by atoms with Crippen molar-refractivity contribution in [1.82, 2.24) is 4.57 Å². The summed E-state index contributed by atoms with van der Waals surface area (Å²) in [7, 11) is 0. The molecule has 0 fully saturated rings. The molecule has 286 valence electrons. The van der Waals surface area contributed by atoms with E-state index in [-0.39, 0.29) is 0 Å². The van der Waals surface area contributed by atoms with Crippen molar-refractivity contribution in [3.63, 3.8) is 0 Å². The highest BCUT2D eigenvalue weighted by molar-refractivity contribution is 6.11. The van der Waals surface area contributed by atoms with Crippen LogP contribution in [0.4, 0.5) is 17.1 Å². The van der Waals surface area contributed by atoms with Crippen molar-refractivity contribution < 1.29 is 4.42 Å². The third-order valence-electron chi connectivity index (χ3n) is 12.2. The van der Waals surface area contributed by atoms with Gasteiger partial charge >= 0.3 is 0 Å². The minimum Gasteiger partial charge on any atom is -0.455 e. The van der Waals surface area contributed by atoms with E-state index in [4.69, 9.17) is 4.42 Å². The van der Waals surface area contributed by atoms with Crippen LogP contribution in [0.5, 0.6) is 0 Å². The largest absolute Gasteiger partial charge is 0.455 e. The number of fused-ring (bicyclic) bond motifs is 7. The highest BCUT2D eigenvalue weighted by atomic mass is 16.3. The SMILES string of the molecule is c1ccc(-c2ccc(-c3ccc4ccccc4c3)cc2N(c2cccc(-c3cccc4c3oc3ccccc34)c2)c2cccc(-n3c4ccccc4c4ccccc43)c2)cc1. The summed E-state index contributed by atoms with van der Waals surface area (Å²) in [4.78, 5) is 2.44. The minimum absolute atomic E-state index is 0.891. The second-order valence-electron chi connectivity index (χ2n) is 15.7. The molecule has 10 aromatic carbocycles. The predicted octanol–water partition coefficient (Wildman–Crippen LogP) is 16.3. The Morgan fingerprint density at radius 3 is 1.77 bits per heavy atom. The molecule has 12 aromatic rings. The van der Waals surface area contributed by atoms with E-state index >= 15 is 0 Å². The van der Waals surface area contributed by atoms with Gasteiger partial charge in [-0.2, -0.15) is 0 Å². The molecule has 0 spiro atoms. The van der Waals surface area contributed by atoms with E-state index in [0.717, 1.165) is 72.5 Å². The molecule has 2 aromatic heterocycles. The molecule has 0 aliphatic carbocycles. The monoisotopic (exact) mass is 778 g/mol. The molecule has 12 rings (SSSR count). The highest BCUT2D eigenvalue weighted by Crippen LogP contribution is 2.46. The molecule has 0 radical (unpaired) electrons. The van der Waals surface area contributed by atoms with Gasteiger partial charge in [0.2, 0.25) is 0 Å². The molecule has 0 saturated carbocycles. The molecule has 2 heterocycles. The Hall–Kier alpha value is -8.14. The summed E-state index contributed by atoms with van der Waals surface area (Å²) in [5.41, 5.74) is 15.1. The molecule has 0 N–H and O–H groups in total. The maximum absolute atomic E-state index is 6.59. The van der Waals surface area contributed by atoms with Crippen molar-refractivity contribution in [2.45, 2.75) is 0 Å². The molecular weight excluding hydrogens is 741 g/mol. The first-order valence-corrected chi connectivity index (χ1v) is 20.8. The molecule has 0 unspecified atom stereocenters. The van der Waals surface area contributed by atoms with Gasteiger partial charge in [0.05, 0.1) is 16.7 Å². The average Bonchev–Trinajstić information content (AvgIpc) is 3.88. The van der Waals surface area contributed by atoms with Crippen molar-refractivity contribution in [2.75, 3.05) is 4.90 Å². The number of anilines is 3. The normalized spacial score (nSPS) is 11.6. The smallest absolute Gasteiger partial charge is 0.143 e. The number of rotatable bonds is 7. The van der Waals surface area contributed by atoms with E-state index in [1.165, 1.54) is 38.1 Å². The summed E-state index contributed by atoms with van der Waals surface area (Å²) < 4.78 is 8.99. The Balaban J connectivity index is 1.11. The number of aromatic nitrogens is 1. The summed E-state index contributed by atoms with van der Waals surface area (Å²) >= 11 is 0. The van der Waals surface area contributed by atoms with Crippen LogP contribution in [0.2, 0.25) is 0 Å². The fraction of sp³-hybridized carbons (Fsp3) is 0. The quantitative estimate of drug-likeness (QED) is 0.161. The number of nitrogens with zero attached hydrogens (tertiary/aromatic N) is 2. The van der Waals surface area contributed by atoms with Gasteiger partial charge in [-0.15, -0.1) is 0 Å². The summed E-state index contributed by atoms with van der Waals surface area (Å²) in [6.45, 7) is 0. The Morgan fingerprint density at radius 1 is 0.344 bits per heavy atom. The summed E-state index contributed by atoms with van der Waals surface area (Å²) in [5, 5.41) is 7.16. The Labute approximate surface area is 353 Å². The van der Waals surface area contributed by atoms with E-state index in [2.05, 4.69) is 234 Å². The number of benzene rings is 10. The first kappa shape index (κ1) is 34.9. The standard InChI is InChI=1S/C58H38N2O/c1-2-16-40(17-3-1)48-34-33-43(42-32-31-39-15-4-5-18-41(39)35-42)37-56(48)59(45-20-12-19-44(36-45)49-26-14-27-53-52-25-8-11-30-57(52)61-58(49)53)46-21-13-22-47(38-46)60-54-28-9-6-23-50(54)51-24-7-10-29-55(51)60/h1-38H. The molecule has 3 nitrogen and oxygen atoms in total. The summed E-state index contributed by atoms with van der Waals surface area (Å²) in [6.07, 6.45) is 0. The lowest BCUT2D eigenvalue weighted by Gasteiger charge is -2.29. The Bertz CT molecular complexity index is 3560. The van der Waals surface area contributed by atoms with Crippen molar-refractivity contribution in [2.24, 2.45) is 0 Å². The summed E-state index contributed by atoms with van der Waals surface area (Å²) in [5.74, 6) is 0. The van der Waals surface area contributed by atoms with Crippen molar-refractivity contribution >= 4 is 71.6 Å². The van der Waals surface area contributed by atoms with Gasteiger partial charge in [-0.05, 0) is 93.7 Å². The molecule has 0 bridgehead atoms. The number of para-hydroxylation sites is 4. The highest BCUT2D eigenvalue weighted by Gasteiger charge is 2.22. The maximum Gasteiger partial charge on any atom is 0.143 e. The Kier molecular flexibility index (Phi) is 8.17. The Morgan fingerprint density at radius 2 is 0.951 bits per heavy atom. The van der Waals surface area contributed by atoms with Crippen LogP contribution >= 0.6 is 0 Å². The molecule has 61 heavy (non-hydrogen) atoms. The lowest BCUT2D eigenvalue weighted by Crippen LogP contribution is -2.12. The summed E-state index contributed by atoms with van der Waals surface area (Å²) in [6, 6.07) is 83.1. The predicted molar refractivity (Wildman–Crippen MR) is 257 cm³/mol. The van der Waals surface area contributed by atoms with Crippen LogP contribution in [0.1, 0.15) is 0 Å².